The van der Waals surface area contributed by atoms with Crippen LogP contribution in [-0.2, 0) is 22.8 Å². The Balaban J connectivity index is 1.04. The van der Waals surface area contributed by atoms with Crippen molar-refractivity contribution in [3.05, 3.63) is 104 Å². The van der Waals surface area contributed by atoms with Crippen LogP contribution in [0.25, 0.3) is 22.3 Å². The number of phosphoric acid groups is 1. The van der Waals surface area contributed by atoms with Crippen molar-refractivity contribution in [1.29, 1.82) is 0 Å². The monoisotopic (exact) mass is 875 g/mol. The smallest absolute Gasteiger partial charge is 0.394 e. The van der Waals surface area contributed by atoms with Crippen LogP contribution in [0.3, 0.4) is 0 Å². The minimum Gasteiger partial charge on any atom is -0.394 e. The molecule has 1 aliphatic heterocycles. The summed E-state index contributed by atoms with van der Waals surface area (Å²) in [4.78, 5) is 12.5. The lowest BCUT2D eigenvalue weighted by Crippen LogP contribution is -2.25. The molecule has 0 unspecified atom stereocenters. The number of hydrogen-bond acceptors (Lipinski definition) is 3. The Labute approximate surface area is 383 Å². The summed E-state index contributed by atoms with van der Waals surface area (Å²) >= 11 is 0. The van der Waals surface area contributed by atoms with Crippen molar-refractivity contribution in [1.82, 2.24) is 0 Å². The van der Waals surface area contributed by atoms with Crippen molar-refractivity contribution in [3.8, 4) is 33.8 Å². The van der Waals surface area contributed by atoms with Crippen LogP contribution in [0.4, 0.5) is 0 Å². The average molecular weight is 875 g/mol. The second-order valence-corrected chi connectivity index (χ2v) is 24.0. The molecule has 1 spiro atoms. The highest BCUT2D eigenvalue weighted by atomic mass is 31.2. The molecule has 0 radical (unpaired) electrons. The largest absolute Gasteiger partial charge is 0.584 e. The van der Waals surface area contributed by atoms with Gasteiger partial charge in [-0.25, -0.2) is 4.57 Å². The lowest BCUT2D eigenvalue weighted by molar-refractivity contribution is 0.281. The zero-order valence-corrected chi connectivity index (χ0v) is 39.4. The van der Waals surface area contributed by atoms with Crippen LogP contribution in [0.15, 0.2) is 48.5 Å². The van der Waals surface area contributed by atoms with E-state index in [-0.39, 0.29) is 5.41 Å². The minimum atomic E-state index is -4.67. The lowest BCUT2D eigenvalue weighted by Gasteiger charge is -2.36. The Kier molecular flexibility index (Phi) is 10.3. The van der Waals surface area contributed by atoms with Crippen molar-refractivity contribution < 1.29 is 18.5 Å². The van der Waals surface area contributed by atoms with E-state index in [0.717, 1.165) is 36.8 Å². The van der Waals surface area contributed by atoms with Gasteiger partial charge in [-0.1, -0.05) is 126 Å². The van der Waals surface area contributed by atoms with E-state index in [2.05, 4.69) is 48.5 Å². The van der Waals surface area contributed by atoms with Crippen molar-refractivity contribution in [2.45, 2.75) is 221 Å². The van der Waals surface area contributed by atoms with E-state index < -0.39 is 7.82 Å². The summed E-state index contributed by atoms with van der Waals surface area (Å²) < 4.78 is 29.1. The van der Waals surface area contributed by atoms with Crippen molar-refractivity contribution in [2.75, 3.05) is 0 Å². The van der Waals surface area contributed by atoms with Crippen LogP contribution in [0, 0.1) is 0 Å². The average Bonchev–Trinajstić information content (AvgIpc) is 4.17. The van der Waals surface area contributed by atoms with Gasteiger partial charge in [0, 0.05) is 27.7 Å². The summed E-state index contributed by atoms with van der Waals surface area (Å²) in [7, 11) is -4.67. The molecule has 6 saturated carbocycles. The third-order valence-corrected chi connectivity index (χ3v) is 20.1. The van der Waals surface area contributed by atoms with E-state index in [1.807, 2.05) is 0 Å². The van der Waals surface area contributed by atoms with Crippen molar-refractivity contribution >= 4 is 7.82 Å². The fourth-order valence-electron chi connectivity index (χ4n) is 16.3. The molecule has 5 heteroatoms. The summed E-state index contributed by atoms with van der Waals surface area (Å²) in [6, 6.07) is 20.0. The Hall–Kier alpha value is -3.33. The van der Waals surface area contributed by atoms with Gasteiger partial charge < -0.3 is 9.05 Å². The third-order valence-electron chi connectivity index (χ3n) is 19.3. The van der Waals surface area contributed by atoms with Crippen LogP contribution >= 0.6 is 7.82 Å². The van der Waals surface area contributed by atoms with E-state index in [1.165, 1.54) is 210 Å². The van der Waals surface area contributed by atoms with Gasteiger partial charge in [0.05, 0.1) is 0 Å². The van der Waals surface area contributed by atoms with E-state index in [4.69, 9.17) is 9.05 Å². The van der Waals surface area contributed by atoms with Gasteiger partial charge in [0.1, 0.15) is 11.5 Å². The van der Waals surface area contributed by atoms with E-state index >= 15 is 4.57 Å². The fraction of sp³-hybridized carbons (Fsp3) is 0.593. The molecular formula is C59H71O4P. The molecule has 64 heavy (non-hydrogen) atoms. The van der Waals surface area contributed by atoms with Crippen LogP contribution in [0.5, 0.6) is 11.5 Å². The highest BCUT2D eigenvalue weighted by molar-refractivity contribution is 7.48. The number of aryl methyl sites for hydroxylation is 2. The summed E-state index contributed by atoms with van der Waals surface area (Å²) in [5.41, 5.74) is 18.6. The van der Waals surface area contributed by atoms with Gasteiger partial charge in [-0.05, 0) is 194 Å². The van der Waals surface area contributed by atoms with E-state index in [1.54, 1.807) is 11.1 Å². The molecule has 4 aromatic carbocycles. The molecule has 1 N–H and O–H groups in total. The first-order valence-corrected chi connectivity index (χ1v) is 28.3. The van der Waals surface area contributed by atoms with Gasteiger partial charge in [-0.2, -0.15) is 0 Å². The zero-order valence-electron chi connectivity index (χ0n) is 38.5. The van der Waals surface area contributed by atoms with Gasteiger partial charge in [-0.3, -0.25) is 4.89 Å². The maximum absolute atomic E-state index is 15.3. The Morgan fingerprint density at radius 2 is 0.734 bits per heavy atom. The lowest BCUT2D eigenvalue weighted by atomic mass is 9.72. The van der Waals surface area contributed by atoms with Gasteiger partial charge in [0.2, 0.25) is 0 Å². The Morgan fingerprint density at radius 3 is 1.05 bits per heavy atom. The van der Waals surface area contributed by atoms with E-state index in [9.17, 15) is 4.89 Å². The van der Waals surface area contributed by atoms with Crippen LogP contribution in [-0.4, -0.2) is 4.89 Å². The van der Waals surface area contributed by atoms with Crippen LogP contribution in [0.2, 0.25) is 0 Å². The third kappa shape index (κ3) is 6.70. The molecule has 1 heterocycles. The zero-order chi connectivity index (χ0) is 42.6. The molecule has 0 saturated heterocycles. The fourth-order valence-corrected chi connectivity index (χ4v) is 17.1. The molecule has 9 aliphatic rings. The molecule has 6 fully saturated rings. The van der Waals surface area contributed by atoms with E-state index in [0.29, 0.717) is 47.0 Å². The normalized spacial score (nSPS) is 24.6. The SMILES string of the molecule is O=P1(O)Oc2c(-c3c(C4CCCC4)cc(C4CCCC4)cc3C3CCCC3)ccc3c2C2(CC3)CCc3ccc(-c4c(C5CCCC5)cc(C5CCCC5)cc4C4CCCC4)c(c32)O1. The first-order chi connectivity index (χ1) is 31.4. The quantitative estimate of drug-likeness (QED) is 0.179. The maximum Gasteiger partial charge on any atom is 0.584 e. The summed E-state index contributed by atoms with van der Waals surface area (Å²) in [5, 5.41) is 0. The van der Waals surface area contributed by atoms with Gasteiger partial charge in [-0.15, -0.1) is 0 Å². The summed E-state index contributed by atoms with van der Waals surface area (Å²) in [5.74, 6) is 4.68. The molecule has 0 atom stereocenters. The predicted molar refractivity (Wildman–Crippen MR) is 260 cm³/mol. The molecule has 0 bridgehead atoms. The van der Waals surface area contributed by atoms with Gasteiger partial charge in [0.15, 0.2) is 0 Å². The second-order valence-electron chi connectivity index (χ2n) is 22.7. The molecule has 13 rings (SSSR count). The van der Waals surface area contributed by atoms with Crippen molar-refractivity contribution in [2.24, 2.45) is 0 Å². The van der Waals surface area contributed by atoms with Crippen LogP contribution < -0.4 is 9.05 Å². The Bertz CT molecular complexity index is 2270. The molecule has 0 amide bonds. The van der Waals surface area contributed by atoms with Gasteiger partial charge in [0.25, 0.3) is 0 Å². The van der Waals surface area contributed by atoms with Crippen LogP contribution in [0.1, 0.15) is 258 Å². The maximum atomic E-state index is 15.3. The molecule has 8 aliphatic carbocycles. The standard InChI is InChI=1S/C59H71O4P/c60-64(61)62-57-47(53-49(39-17-5-6-18-39)33-45(37-13-1-2-14-37)34-50(53)40-19-7-8-20-40)27-25-43-29-31-59(55(43)57)32-30-44-26-28-48(58(63-64)56(44)59)54-51(41-21-9-10-22-41)35-46(38-15-3-4-16-38)36-52(54)42-23-11-12-24-42/h25-28,33-42H,1-24,29-32H2,(H,60,61). The number of hydrogen-bond donors (Lipinski definition) is 1. The first kappa shape index (κ1) is 40.9. The van der Waals surface area contributed by atoms with Gasteiger partial charge >= 0.3 is 7.82 Å². The molecule has 4 aromatic rings. The number of rotatable bonds is 8. The molecule has 0 aromatic heterocycles. The van der Waals surface area contributed by atoms with Crippen molar-refractivity contribution in [3.63, 3.8) is 0 Å². The minimum absolute atomic E-state index is 0.322. The molecular weight excluding hydrogens is 804 g/mol. The predicted octanol–water partition coefficient (Wildman–Crippen LogP) is 17.0. The highest BCUT2D eigenvalue weighted by Crippen LogP contribution is 2.67. The number of phosphoric ester groups is 1. The summed E-state index contributed by atoms with van der Waals surface area (Å²) in [6.45, 7) is 0. The second kappa shape index (κ2) is 16.2. The molecule has 336 valence electrons. The highest BCUT2D eigenvalue weighted by Gasteiger charge is 2.53. The number of benzene rings is 4. The Morgan fingerprint density at radius 1 is 0.438 bits per heavy atom. The topological polar surface area (TPSA) is 55.8 Å². The summed E-state index contributed by atoms with van der Waals surface area (Å²) in [6.07, 6.45) is 34.5. The molecule has 4 nitrogen and oxygen atoms in total. The first-order valence-electron chi connectivity index (χ1n) is 26.8.